The number of hydrogen-bond acceptors (Lipinski definition) is 8. The second-order valence-corrected chi connectivity index (χ2v) is 11.5. The molecule has 250 valence electrons. The first-order chi connectivity index (χ1) is 21.0. The molecule has 6 atom stereocenters. The molecule has 11 N–H and O–H groups in total. The Hall–Kier alpha value is -4.53. The van der Waals surface area contributed by atoms with E-state index in [1.807, 2.05) is 20.8 Å². The molecule has 1 aromatic rings. The Bertz CT molecular complexity index is 1190. The van der Waals surface area contributed by atoms with Gasteiger partial charge in [-0.05, 0) is 30.7 Å². The van der Waals surface area contributed by atoms with E-state index in [0.717, 1.165) is 0 Å². The first kappa shape index (κ1) is 38.5. The zero-order chi connectivity index (χ0) is 34.3. The third kappa shape index (κ3) is 14.2. The second-order valence-electron chi connectivity index (χ2n) is 11.5. The van der Waals surface area contributed by atoms with Crippen LogP contribution in [0.4, 0.5) is 0 Å². The Morgan fingerprint density at radius 2 is 1.36 bits per heavy atom. The lowest BCUT2D eigenvalue weighted by Gasteiger charge is -2.27. The predicted octanol–water partition coefficient (Wildman–Crippen LogP) is -1.92. The number of rotatable bonds is 19. The van der Waals surface area contributed by atoms with Gasteiger partial charge in [-0.2, -0.15) is 0 Å². The SMILES string of the molecule is CC[C@H](C)[C@H](NC(=O)[C@H](C)NC(=O)CNC(=O)[C@H](Cc1ccccc1)NC(=O)[C@@H](N)CC(N)=O)C(=O)N[C@@H](CC(C)C)C(N)=O. The average molecular weight is 633 g/mol. The number of benzene rings is 1. The summed E-state index contributed by atoms with van der Waals surface area (Å²) in [4.78, 5) is 87.1. The van der Waals surface area contributed by atoms with E-state index in [4.69, 9.17) is 17.2 Å². The number of carbonyl (C=O) groups is 7. The van der Waals surface area contributed by atoms with Crippen LogP contribution in [0.15, 0.2) is 30.3 Å². The van der Waals surface area contributed by atoms with Crippen LogP contribution in [0.5, 0.6) is 0 Å². The monoisotopic (exact) mass is 632 g/mol. The summed E-state index contributed by atoms with van der Waals surface area (Å²) in [5, 5.41) is 12.6. The van der Waals surface area contributed by atoms with Gasteiger partial charge in [-0.25, -0.2) is 0 Å². The number of primary amides is 2. The molecule has 0 aliphatic rings. The summed E-state index contributed by atoms with van der Waals surface area (Å²) < 4.78 is 0. The maximum absolute atomic E-state index is 13.0. The number of carbonyl (C=O) groups excluding carboxylic acids is 7. The van der Waals surface area contributed by atoms with E-state index in [9.17, 15) is 33.6 Å². The summed E-state index contributed by atoms with van der Waals surface area (Å²) in [6, 6.07) is 3.37. The molecule has 0 bridgehead atoms. The average Bonchev–Trinajstić information content (AvgIpc) is 2.97. The van der Waals surface area contributed by atoms with Crippen molar-refractivity contribution in [3.8, 4) is 0 Å². The zero-order valence-corrected chi connectivity index (χ0v) is 26.6. The van der Waals surface area contributed by atoms with Crippen molar-refractivity contribution in [3.63, 3.8) is 0 Å². The lowest BCUT2D eigenvalue weighted by atomic mass is 9.96. The molecule has 0 heterocycles. The molecule has 1 rings (SSSR count). The highest BCUT2D eigenvalue weighted by Crippen LogP contribution is 2.11. The minimum Gasteiger partial charge on any atom is -0.370 e. The van der Waals surface area contributed by atoms with E-state index in [2.05, 4.69) is 26.6 Å². The van der Waals surface area contributed by atoms with Crippen LogP contribution in [0, 0.1) is 11.8 Å². The Kier molecular flexibility index (Phi) is 16.2. The normalized spacial score (nSPS) is 14.9. The van der Waals surface area contributed by atoms with Gasteiger partial charge in [-0.3, -0.25) is 33.6 Å². The van der Waals surface area contributed by atoms with Crippen molar-refractivity contribution in [2.24, 2.45) is 29.0 Å². The highest BCUT2D eigenvalue weighted by Gasteiger charge is 2.31. The van der Waals surface area contributed by atoms with Gasteiger partial charge in [0.2, 0.25) is 41.4 Å². The molecule has 0 spiro atoms. The molecule has 0 saturated carbocycles. The van der Waals surface area contributed by atoms with Crippen LogP contribution in [0.2, 0.25) is 0 Å². The van der Waals surface area contributed by atoms with Crippen LogP contribution >= 0.6 is 0 Å². The molecule has 1 aromatic carbocycles. The Labute approximate surface area is 263 Å². The minimum atomic E-state index is -1.27. The smallest absolute Gasteiger partial charge is 0.243 e. The van der Waals surface area contributed by atoms with Crippen LogP contribution < -0.4 is 43.8 Å². The number of hydrogen-bond donors (Lipinski definition) is 8. The Morgan fingerprint density at radius 3 is 1.89 bits per heavy atom. The number of amides is 7. The fourth-order valence-electron chi connectivity index (χ4n) is 4.26. The fourth-order valence-corrected chi connectivity index (χ4v) is 4.26. The van der Waals surface area contributed by atoms with Gasteiger partial charge in [-0.1, -0.05) is 64.4 Å². The topological polar surface area (TPSA) is 258 Å². The Balaban J connectivity index is 2.85. The molecule has 15 nitrogen and oxygen atoms in total. The summed E-state index contributed by atoms with van der Waals surface area (Å²) in [6.07, 6.45) is 0.507. The van der Waals surface area contributed by atoms with Crippen molar-refractivity contribution < 1.29 is 33.6 Å². The van der Waals surface area contributed by atoms with Crippen LogP contribution in [0.25, 0.3) is 0 Å². The summed E-state index contributed by atoms with van der Waals surface area (Å²) in [5.74, 6) is -5.12. The zero-order valence-electron chi connectivity index (χ0n) is 26.6. The first-order valence-corrected chi connectivity index (χ1v) is 14.9. The molecule has 0 aliphatic carbocycles. The highest BCUT2D eigenvalue weighted by molar-refractivity contribution is 5.96. The minimum absolute atomic E-state index is 0.0645. The lowest BCUT2D eigenvalue weighted by molar-refractivity contribution is -0.134. The van der Waals surface area contributed by atoms with Gasteiger partial charge in [-0.15, -0.1) is 0 Å². The molecule has 0 saturated heterocycles. The van der Waals surface area contributed by atoms with E-state index in [-0.39, 0.29) is 18.3 Å². The van der Waals surface area contributed by atoms with Gasteiger partial charge in [0.1, 0.15) is 24.2 Å². The maximum Gasteiger partial charge on any atom is 0.243 e. The van der Waals surface area contributed by atoms with E-state index >= 15 is 0 Å². The van der Waals surface area contributed by atoms with Gasteiger partial charge in [0.15, 0.2) is 0 Å². The largest absolute Gasteiger partial charge is 0.370 e. The molecule has 0 unspecified atom stereocenters. The van der Waals surface area contributed by atoms with E-state index in [1.54, 1.807) is 37.3 Å². The van der Waals surface area contributed by atoms with E-state index in [0.29, 0.717) is 18.4 Å². The molecular weight excluding hydrogens is 584 g/mol. The molecule has 0 aliphatic heterocycles. The number of nitrogens with one attached hydrogen (secondary N) is 5. The van der Waals surface area contributed by atoms with Gasteiger partial charge >= 0.3 is 0 Å². The van der Waals surface area contributed by atoms with Crippen molar-refractivity contribution in [2.45, 2.75) is 90.5 Å². The maximum atomic E-state index is 13.0. The summed E-state index contributed by atoms with van der Waals surface area (Å²) in [6.45, 7) is 8.23. The predicted molar refractivity (Wildman–Crippen MR) is 166 cm³/mol. The van der Waals surface area contributed by atoms with Gasteiger partial charge in [0.25, 0.3) is 0 Å². The molecular formula is C30H48N8O7. The Morgan fingerprint density at radius 1 is 0.756 bits per heavy atom. The van der Waals surface area contributed by atoms with Crippen molar-refractivity contribution >= 4 is 41.4 Å². The van der Waals surface area contributed by atoms with Gasteiger partial charge in [0, 0.05) is 6.42 Å². The van der Waals surface area contributed by atoms with Crippen LogP contribution in [-0.2, 0) is 40.0 Å². The first-order valence-electron chi connectivity index (χ1n) is 14.9. The molecule has 0 radical (unpaired) electrons. The molecule has 7 amide bonds. The van der Waals surface area contributed by atoms with Crippen LogP contribution in [0.3, 0.4) is 0 Å². The second kappa shape index (κ2) is 19.0. The van der Waals surface area contributed by atoms with Gasteiger partial charge in [0.05, 0.1) is 19.0 Å². The van der Waals surface area contributed by atoms with Gasteiger partial charge < -0.3 is 43.8 Å². The van der Waals surface area contributed by atoms with Crippen molar-refractivity contribution in [1.82, 2.24) is 26.6 Å². The summed E-state index contributed by atoms with van der Waals surface area (Å²) in [5.41, 5.74) is 17.0. The van der Waals surface area contributed by atoms with Crippen LogP contribution in [-0.4, -0.2) is 78.1 Å². The van der Waals surface area contributed by atoms with Crippen molar-refractivity contribution in [3.05, 3.63) is 35.9 Å². The summed E-state index contributed by atoms with van der Waals surface area (Å²) >= 11 is 0. The standard InChI is InChI=1S/C30H48N8O7/c1-6-17(4)25(30(45)36-21(26(33)41)12-16(2)3)38-27(42)18(5)35-24(40)15-34-29(44)22(13-19-10-8-7-9-11-19)37-28(43)20(31)14-23(32)39/h7-11,16-18,20-22,25H,6,12-15,31H2,1-5H3,(H2,32,39)(H2,33,41)(H,34,44)(H,35,40)(H,36,45)(H,37,43)(H,38,42)/t17-,18-,20-,21-,22-,25-/m0/s1. The van der Waals surface area contributed by atoms with E-state index in [1.165, 1.54) is 6.92 Å². The third-order valence-corrected chi connectivity index (χ3v) is 7.03. The van der Waals surface area contributed by atoms with Crippen molar-refractivity contribution in [2.75, 3.05) is 6.54 Å². The van der Waals surface area contributed by atoms with E-state index < -0.39 is 84.5 Å². The van der Waals surface area contributed by atoms with Crippen LogP contribution in [0.1, 0.15) is 59.4 Å². The summed E-state index contributed by atoms with van der Waals surface area (Å²) in [7, 11) is 0. The van der Waals surface area contributed by atoms with Crippen molar-refractivity contribution in [1.29, 1.82) is 0 Å². The third-order valence-electron chi connectivity index (χ3n) is 7.03. The molecule has 0 fully saturated rings. The quantitative estimate of drug-likeness (QED) is 0.0851. The molecule has 15 heteroatoms. The fraction of sp³-hybridized carbons (Fsp3) is 0.567. The molecule has 0 aromatic heterocycles. The highest BCUT2D eigenvalue weighted by atomic mass is 16.2. The number of nitrogens with two attached hydrogens (primary N) is 3. The lowest BCUT2D eigenvalue weighted by Crippen LogP contribution is -2.58. The molecule has 45 heavy (non-hydrogen) atoms.